The summed E-state index contributed by atoms with van der Waals surface area (Å²) in [6.07, 6.45) is 4.05. The van der Waals surface area contributed by atoms with Gasteiger partial charge in [0.2, 0.25) is 0 Å². The fourth-order valence-electron chi connectivity index (χ4n) is 1.34. The molecule has 1 rings (SSSR count). The van der Waals surface area contributed by atoms with Crippen LogP contribution in [0.3, 0.4) is 0 Å². The van der Waals surface area contributed by atoms with E-state index >= 15 is 0 Å². The van der Waals surface area contributed by atoms with Crippen molar-refractivity contribution in [2.24, 2.45) is 0 Å². The van der Waals surface area contributed by atoms with Crippen LogP contribution in [0.5, 0.6) is 0 Å². The Kier molecular flexibility index (Phi) is 5.60. The van der Waals surface area contributed by atoms with Crippen molar-refractivity contribution in [2.75, 3.05) is 13.2 Å². The van der Waals surface area contributed by atoms with Gasteiger partial charge in [-0.05, 0) is 31.9 Å². The minimum Gasteiger partial charge on any atom is -0.478 e. The molecule has 90 valence electrons. The molecule has 0 saturated heterocycles. The summed E-state index contributed by atoms with van der Waals surface area (Å²) in [7, 11) is 0. The molecule has 5 heteroatoms. The Morgan fingerprint density at radius 1 is 1.38 bits per heavy atom. The number of aliphatic hydroxyl groups excluding tert-OH is 1. The molecule has 0 aliphatic heterocycles. The highest BCUT2D eigenvalue weighted by Gasteiger charge is 2.07. The highest BCUT2D eigenvalue weighted by atomic mass is 16.4. The van der Waals surface area contributed by atoms with E-state index in [1.54, 1.807) is 0 Å². The minimum atomic E-state index is -0.974. The van der Waals surface area contributed by atoms with E-state index in [9.17, 15) is 4.79 Å². The van der Waals surface area contributed by atoms with Crippen LogP contribution < -0.4 is 5.32 Å². The Balaban J connectivity index is 2.14. The third kappa shape index (κ3) is 4.46. The van der Waals surface area contributed by atoms with Gasteiger partial charge in [0.15, 0.2) is 0 Å². The zero-order valence-electron chi connectivity index (χ0n) is 9.11. The second-order valence-electron chi connectivity index (χ2n) is 3.57. The first kappa shape index (κ1) is 12.7. The molecule has 16 heavy (non-hydrogen) atoms. The van der Waals surface area contributed by atoms with E-state index in [0.717, 1.165) is 25.8 Å². The first-order valence-corrected chi connectivity index (χ1v) is 5.36. The Hall–Kier alpha value is -1.33. The van der Waals surface area contributed by atoms with Gasteiger partial charge in [0, 0.05) is 6.61 Å². The smallest absolute Gasteiger partial charge is 0.338 e. The van der Waals surface area contributed by atoms with Crippen LogP contribution in [0.15, 0.2) is 16.7 Å². The van der Waals surface area contributed by atoms with Crippen LogP contribution in [-0.4, -0.2) is 29.3 Å². The molecule has 1 heterocycles. The van der Waals surface area contributed by atoms with Crippen molar-refractivity contribution in [1.82, 2.24) is 5.32 Å². The van der Waals surface area contributed by atoms with Crippen LogP contribution in [0.4, 0.5) is 0 Å². The summed E-state index contributed by atoms with van der Waals surface area (Å²) >= 11 is 0. The molecule has 1 aromatic heterocycles. The van der Waals surface area contributed by atoms with E-state index in [4.69, 9.17) is 14.6 Å². The van der Waals surface area contributed by atoms with E-state index in [1.807, 2.05) is 0 Å². The average Bonchev–Trinajstić information content (AvgIpc) is 2.72. The zero-order chi connectivity index (χ0) is 11.8. The molecule has 0 fully saturated rings. The third-order valence-corrected chi connectivity index (χ3v) is 2.21. The first-order chi connectivity index (χ1) is 7.74. The van der Waals surface area contributed by atoms with E-state index in [2.05, 4.69) is 5.32 Å². The number of hydrogen-bond donors (Lipinski definition) is 3. The van der Waals surface area contributed by atoms with Gasteiger partial charge >= 0.3 is 5.97 Å². The average molecular weight is 227 g/mol. The molecule has 0 bridgehead atoms. The van der Waals surface area contributed by atoms with Crippen molar-refractivity contribution in [1.29, 1.82) is 0 Å². The van der Waals surface area contributed by atoms with Gasteiger partial charge in [-0.2, -0.15) is 0 Å². The number of rotatable bonds is 8. The molecule has 0 aliphatic carbocycles. The molecule has 3 N–H and O–H groups in total. The molecular weight excluding hydrogens is 210 g/mol. The summed E-state index contributed by atoms with van der Waals surface area (Å²) in [5.41, 5.74) is 0.178. The Bertz CT molecular complexity index is 322. The molecule has 0 unspecified atom stereocenters. The maximum Gasteiger partial charge on any atom is 0.338 e. The maximum atomic E-state index is 10.6. The second-order valence-corrected chi connectivity index (χ2v) is 3.57. The topological polar surface area (TPSA) is 82.7 Å². The van der Waals surface area contributed by atoms with Crippen LogP contribution in [0.1, 0.15) is 35.4 Å². The van der Waals surface area contributed by atoms with Gasteiger partial charge in [-0.3, -0.25) is 0 Å². The van der Waals surface area contributed by atoms with Crippen molar-refractivity contribution >= 4 is 5.97 Å². The lowest BCUT2D eigenvalue weighted by Crippen LogP contribution is -2.14. The van der Waals surface area contributed by atoms with Gasteiger partial charge in [0.05, 0.1) is 12.1 Å². The number of unbranched alkanes of at least 4 members (excludes halogenated alkanes) is 2. The summed E-state index contributed by atoms with van der Waals surface area (Å²) in [5.74, 6) is -0.350. The highest BCUT2D eigenvalue weighted by Crippen LogP contribution is 2.07. The van der Waals surface area contributed by atoms with Crippen molar-refractivity contribution in [3.8, 4) is 0 Å². The molecule has 5 nitrogen and oxygen atoms in total. The Labute approximate surface area is 94.1 Å². The van der Waals surface area contributed by atoms with Gasteiger partial charge in [0.1, 0.15) is 12.0 Å². The van der Waals surface area contributed by atoms with Crippen LogP contribution in [-0.2, 0) is 6.54 Å². The predicted octanol–water partition coefficient (Wildman–Crippen LogP) is 1.23. The number of aliphatic hydroxyl groups is 1. The molecular formula is C11H17NO4. The van der Waals surface area contributed by atoms with Crippen LogP contribution in [0, 0.1) is 0 Å². The van der Waals surface area contributed by atoms with E-state index in [0.29, 0.717) is 12.3 Å². The first-order valence-electron chi connectivity index (χ1n) is 5.36. The normalized spacial score (nSPS) is 10.6. The minimum absolute atomic E-state index is 0.178. The Morgan fingerprint density at radius 2 is 2.19 bits per heavy atom. The molecule has 0 aromatic carbocycles. The lowest BCUT2D eigenvalue weighted by Gasteiger charge is -2.01. The molecule has 0 aliphatic rings. The van der Waals surface area contributed by atoms with Gasteiger partial charge in [-0.15, -0.1) is 0 Å². The van der Waals surface area contributed by atoms with E-state index < -0.39 is 5.97 Å². The molecule has 1 aromatic rings. The van der Waals surface area contributed by atoms with Crippen LogP contribution >= 0.6 is 0 Å². The lowest BCUT2D eigenvalue weighted by molar-refractivity contribution is 0.0696. The standard InChI is InChI=1S/C11H17NO4/c13-5-3-1-2-4-12-7-10-6-9(8-16-10)11(14)15/h6,8,12-13H,1-5,7H2,(H,14,15). The fourth-order valence-corrected chi connectivity index (χ4v) is 1.34. The lowest BCUT2D eigenvalue weighted by atomic mass is 10.2. The molecule has 0 spiro atoms. The maximum absolute atomic E-state index is 10.6. The number of carboxylic acids is 1. The SMILES string of the molecule is O=C(O)c1coc(CNCCCCCO)c1. The molecule has 0 saturated carbocycles. The van der Waals surface area contributed by atoms with Gasteiger partial charge in [-0.1, -0.05) is 0 Å². The zero-order valence-corrected chi connectivity index (χ0v) is 9.11. The van der Waals surface area contributed by atoms with Crippen LogP contribution in [0.2, 0.25) is 0 Å². The highest BCUT2D eigenvalue weighted by molar-refractivity contribution is 5.87. The van der Waals surface area contributed by atoms with E-state index in [-0.39, 0.29) is 12.2 Å². The van der Waals surface area contributed by atoms with E-state index in [1.165, 1.54) is 12.3 Å². The summed E-state index contributed by atoms with van der Waals surface area (Å²) < 4.78 is 5.07. The molecule has 0 amide bonds. The Morgan fingerprint density at radius 3 is 2.81 bits per heavy atom. The summed E-state index contributed by atoms with van der Waals surface area (Å²) in [6.45, 7) is 1.61. The van der Waals surface area contributed by atoms with Crippen molar-refractivity contribution in [2.45, 2.75) is 25.8 Å². The number of nitrogens with one attached hydrogen (secondary N) is 1. The summed E-state index contributed by atoms with van der Waals surface area (Å²) in [5, 5.41) is 20.4. The summed E-state index contributed by atoms with van der Waals surface area (Å²) in [6, 6.07) is 1.52. The van der Waals surface area contributed by atoms with Crippen molar-refractivity contribution < 1.29 is 19.4 Å². The quantitative estimate of drug-likeness (QED) is 0.582. The molecule has 0 radical (unpaired) electrons. The number of aromatic carboxylic acids is 1. The van der Waals surface area contributed by atoms with Crippen LogP contribution in [0.25, 0.3) is 0 Å². The second kappa shape index (κ2) is 7.03. The largest absolute Gasteiger partial charge is 0.478 e. The van der Waals surface area contributed by atoms with Gasteiger partial charge in [-0.25, -0.2) is 4.79 Å². The van der Waals surface area contributed by atoms with Crippen molar-refractivity contribution in [3.63, 3.8) is 0 Å². The summed E-state index contributed by atoms with van der Waals surface area (Å²) in [4.78, 5) is 10.6. The number of carbonyl (C=O) groups is 1. The monoisotopic (exact) mass is 227 g/mol. The number of carboxylic acid groups (broad SMARTS) is 1. The third-order valence-electron chi connectivity index (χ3n) is 2.21. The van der Waals surface area contributed by atoms with Crippen molar-refractivity contribution in [3.05, 3.63) is 23.7 Å². The number of furan rings is 1. The number of hydrogen-bond acceptors (Lipinski definition) is 4. The van der Waals surface area contributed by atoms with Gasteiger partial charge < -0.3 is 19.9 Å². The predicted molar refractivity (Wildman–Crippen MR) is 58.3 cm³/mol. The van der Waals surface area contributed by atoms with Gasteiger partial charge in [0.25, 0.3) is 0 Å². The fraction of sp³-hybridized carbons (Fsp3) is 0.545. The molecule has 0 atom stereocenters.